The molecule has 1 aromatic carbocycles. The minimum atomic E-state index is 0.618. The first-order valence-electron chi connectivity index (χ1n) is 6.81. The van der Waals surface area contributed by atoms with Gasteiger partial charge in [0, 0.05) is 29.8 Å². The third kappa shape index (κ3) is 2.99. The van der Waals surface area contributed by atoms with Gasteiger partial charge >= 0.3 is 0 Å². The molecule has 0 spiro atoms. The van der Waals surface area contributed by atoms with Crippen LogP contribution in [0.15, 0.2) is 18.2 Å². The Morgan fingerprint density at radius 2 is 2.11 bits per heavy atom. The van der Waals surface area contributed by atoms with Gasteiger partial charge in [-0.05, 0) is 50.4 Å². The molecule has 1 N–H and O–H groups in total. The van der Waals surface area contributed by atoms with Crippen molar-refractivity contribution in [3.63, 3.8) is 0 Å². The number of benzene rings is 1. The molecule has 1 saturated heterocycles. The molecule has 0 saturated carbocycles. The van der Waals surface area contributed by atoms with Crippen molar-refractivity contribution in [2.75, 3.05) is 18.5 Å². The molecule has 0 aliphatic carbocycles. The van der Waals surface area contributed by atoms with E-state index in [2.05, 4.69) is 42.3 Å². The maximum Gasteiger partial charge on any atom is 0.0471 e. The van der Waals surface area contributed by atoms with E-state index in [1.165, 1.54) is 24.1 Å². The normalized spacial score (nSPS) is 24.3. The molecule has 0 aromatic heterocycles. The zero-order valence-corrected chi connectivity index (χ0v) is 12.3. The summed E-state index contributed by atoms with van der Waals surface area (Å²) in [6, 6.07) is 7.07. The first-order valence-corrected chi connectivity index (χ1v) is 7.19. The Hall–Kier alpha value is -0.730. The fourth-order valence-corrected chi connectivity index (χ4v) is 2.94. The Morgan fingerprint density at radius 1 is 1.33 bits per heavy atom. The summed E-state index contributed by atoms with van der Waals surface area (Å²) in [6.45, 7) is 6.60. The summed E-state index contributed by atoms with van der Waals surface area (Å²) in [5, 5.41) is 4.01. The van der Waals surface area contributed by atoms with Crippen LogP contribution >= 0.6 is 11.6 Å². The van der Waals surface area contributed by atoms with Crippen LogP contribution in [0, 0.1) is 5.92 Å². The monoisotopic (exact) mass is 266 g/mol. The van der Waals surface area contributed by atoms with Gasteiger partial charge in [-0.15, -0.1) is 0 Å². The van der Waals surface area contributed by atoms with Crippen molar-refractivity contribution < 1.29 is 0 Å². The maximum absolute atomic E-state index is 6.34. The Kier molecular flexibility index (Phi) is 4.52. The summed E-state index contributed by atoms with van der Waals surface area (Å²) in [5.74, 6) is 0.775. The summed E-state index contributed by atoms with van der Waals surface area (Å²) < 4.78 is 0. The number of rotatable bonds is 3. The van der Waals surface area contributed by atoms with Crippen LogP contribution in [0.1, 0.15) is 32.3 Å². The van der Waals surface area contributed by atoms with Crippen LogP contribution < -0.4 is 10.2 Å². The van der Waals surface area contributed by atoms with Crippen LogP contribution in [0.25, 0.3) is 0 Å². The van der Waals surface area contributed by atoms with Gasteiger partial charge in [-0.2, -0.15) is 0 Å². The third-order valence-electron chi connectivity index (χ3n) is 3.85. The molecule has 1 heterocycles. The second-order valence-electron chi connectivity index (χ2n) is 5.49. The second-order valence-corrected chi connectivity index (χ2v) is 5.90. The fraction of sp³-hybridized carbons (Fsp3) is 0.600. The van der Waals surface area contributed by atoms with Gasteiger partial charge in [0.25, 0.3) is 0 Å². The molecular weight excluding hydrogens is 244 g/mol. The van der Waals surface area contributed by atoms with E-state index in [4.69, 9.17) is 11.6 Å². The minimum Gasteiger partial charge on any atom is -0.369 e. The molecule has 1 aliphatic heterocycles. The largest absolute Gasteiger partial charge is 0.369 e. The number of nitrogens with one attached hydrogen (secondary N) is 1. The fourth-order valence-electron chi connectivity index (χ4n) is 2.70. The van der Waals surface area contributed by atoms with Crippen molar-refractivity contribution in [1.29, 1.82) is 0 Å². The predicted octanol–water partition coefficient (Wildman–Crippen LogP) is 3.68. The predicted molar refractivity (Wildman–Crippen MR) is 79.4 cm³/mol. The number of hydrogen-bond acceptors (Lipinski definition) is 2. The zero-order valence-electron chi connectivity index (χ0n) is 11.5. The lowest BCUT2D eigenvalue weighted by atomic mass is 9.94. The van der Waals surface area contributed by atoms with Crippen LogP contribution in [0.2, 0.25) is 5.02 Å². The summed E-state index contributed by atoms with van der Waals surface area (Å²) in [6.07, 6.45) is 2.61. The van der Waals surface area contributed by atoms with Crippen molar-refractivity contribution in [2.24, 2.45) is 5.92 Å². The van der Waals surface area contributed by atoms with Crippen LogP contribution in [0.5, 0.6) is 0 Å². The van der Waals surface area contributed by atoms with Gasteiger partial charge in [0.2, 0.25) is 0 Å². The number of anilines is 1. The van der Waals surface area contributed by atoms with Crippen molar-refractivity contribution in [3.8, 4) is 0 Å². The average molecular weight is 267 g/mol. The van der Waals surface area contributed by atoms with Gasteiger partial charge in [0.05, 0.1) is 0 Å². The second kappa shape index (κ2) is 5.94. The van der Waals surface area contributed by atoms with Gasteiger partial charge in [0.1, 0.15) is 0 Å². The SMILES string of the molecule is CNCc1ccc(N2CC(C)CCC2C)cc1Cl. The van der Waals surface area contributed by atoms with E-state index >= 15 is 0 Å². The van der Waals surface area contributed by atoms with Crippen molar-refractivity contribution >= 4 is 17.3 Å². The van der Waals surface area contributed by atoms with Crippen molar-refractivity contribution in [1.82, 2.24) is 5.32 Å². The summed E-state index contributed by atoms with van der Waals surface area (Å²) in [7, 11) is 1.94. The molecule has 18 heavy (non-hydrogen) atoms. The first-order chi connectivity index (χ1) is 8.61. The molecule has 2 atom stereocenters. The molecule has 0 bridgehead atoms. The smallest absolute Gasteiger partial charge is 0.0471 e. The number of nitrogens with zero attached hydrogens (tertiary/aromatic N) is 1. The molecular formula is C15H23ClN2. The Bertz CT molecular complexity index is 405. The standard InChI is InChI=1S/C15H23ClN2/c1-11-4-5-12(2)18(10-11)14-7-6-13(9-17-3)15(16)8-14/h6-8,11-12,17H,4-5,9-10H2,1-3H3. The van der Waals surface area contributed by atoms with Gasteiger partial charge in [0.15, 0.2) is 0 Å². The summed E-state index contributed by atoms with van der Waals surface area (Å²) >= 11 is 6.34. The number of hydrogen-bond donors (Lipinski definition) is 1. The topological polar surface area (TPSA) is 15.3 Å². The number of piperidine rings is 1. The van der Waals surface area contributed by atoms with Gasteiger partial charge in [-0.3, -0.25) is 0 Å². The van der Waals surface area contributed by atoms with Crippen molar-refractivity contribution in [3.05, 3.63) is 28.8 Å². The quantitative estimate of drug-likeness (QED) is 0.898. The minimum absolute atomic E-state index is 0.618. The van der Waals surface area contributed by atoms with Crippen molar-refractivity contribution in [2.45, 2.75) is 39.3 Å². The average Bonchev–Trinajstić information content (AvgIpc) is 2.35. The molecule has 2 rings (SSSR count). The van der Waals surface area contributed by atoms with E-state index in [1.807, 2.05) is 7.05 Å². The van der Waals surface area contributed by atoms with Gasteiger partial charge < -0.3 is 10.2 Å². The van der Waals surface area contributed by atoms with E-state index in [9.17, 15) is 0 Å². The Morgan fingerprint density at radius 3 is 2.78 bits per heavy atom. The molecule has 0 radical (unpaired) electrons. The highest BCUT2D eigenvalue weighted by Gasteiger charge is 2.23. The van der Waals surface area contributed by atoms with Crippen LogP contribution in [-0.2, 0) is 6.54 Å². The van der Waals surface area contributed by atoms with Gasteiger partial charge in [-0.1, -0.05) is 24.6 Å². The van der Waals surface area contributed by atoms with E-state index in [0.29, 0.717) is 6.04 Å². The lowest BCUT2D eigenvalue weighted by Crippen LogP contribution is -2.41. The summed E-state index contributed by atoms with van der Waals surface area (Å²) in [5.41, 5.74) is 2.43. The Labute approximate surface area is 115 Å². The molecule has 0 amide bonds. The zero-order chi connectivity index (χ0) is 13.1. The van der Waals surface area contributed by atoms with Gasteiger partial charge in [-0.25, -0.2) is 0 Å². The highest BCUT2D eigenvalue weighted by Crippen LogP contribution is 2.30. The van der Waals surface area contributed by atoms with Crippen LogP contribution in [0.4, 0.5) is 5.69 Å². The molecule has 2 unspecified atom stereocenters. The molecule has 100 valence electrons. The molecule has 1 aromatic rings. The van der Waals surface area contributed by atoms with E-state index in [-0.39, 0.29) is 0 Å². The highest BCUT2D eigenvalue weighted by molar-refractivity contribution is 6.31. The molecule has 1 fully saturated rings. The molecule has 2 nitrogen and oxygen atoms in total. The first kappa shape index (κ1) is 13.7. The van der Waals surface area contributed by atoms with E-state index < -0.39 is 0 Å². The third-order valence-corrected chi connectivity index (χ3v) is 4.21. The lowest BCUT2D eigenvalue weighted by Gasteiger charge is -2.38. The maximum atomic E-state index is 6.34. The summed E-state index contributed by atoms with van der Waals surface area (Å²) in [4.78, 5) is 2.49. The van der Waals surface area contributed by atoms with Crippen LogP contribution in [0.3, 0.4) is 0 Å². The molecule has 1 aliphatic rings. The lowest BCUT2D eigenvalue weighted by molar-refractivity contribution is 0.390. The van der Waals surface area contributed by atoms with Crippen LogP contribution in [-0.4, -0.2) is 19.6 Å². The Balaban J connectivity index is 2.19. The molecule has 3 heteroatoms. The highest BCUT2D eigenvalue weighted by atomic mass is 35.5. The van der Waals surface area contributed by atoms with E-state index in [0.717, 1.165) is 24.0 Å². The van der Waals surface area contributed by atoms with E-state index in [1.54, 1.807) is 0 Å². The number of halogens is 1.